The van der Waals surface area contributed by atoms with E-state index >= 15 is 0 Å². The summed E-state index contributed by atoms with van der Waals surface area (Å²) < 4.78 is 17.2. The molecule has 0 radical (unpaired) electrons. The second-order valence-corrected chi connectivity index (χ2v) is 9.32. The van der Waals surface area contributed by atoms with E-state index in [0.29, 0.717) is 29.0 Å². The molecule has 0 spiro atoms. The van der Waals surface area contributed by atoms with Gasteiger partial charge in [-0.05, 0) is 60.9 Å². The average molecular weight is 505 g/mol. The average Bonchev–Trinajstić information content (AvgIpc) is 2.83. The second kappa shape index (κ2) is 11.1. The molecule has 8 heteroatoms. The van der Waals surface area contributed by atoms with E-state index in [4.69, 9.17) is 42.5 Å². The lowest BCUT2D eigenvalue weighted by Crippen LogP contribution is -2.14. The van der Waals surface area contributed by atoms with E-state index in [9.17, 15) is 4.79 Å². The van der Waals surface area contributed by atoms with Gasteiger partial charge in [-0.3, -0.25) is 0 Å². The molecule has 1 aliphatic heterocycles. The minimum Gasteiger partial charge on any atom is -0.492 e. The first-order valence-corrected chi connectivity index (χ1v) is 12.2. The number of halogens is 2. The Kier molecular flexibility index (Phi) is 7.91. The molecular formula is C25H22Cl2O5S. The number of carboxylic acid groups (broad SMARTS) is 1. The fraction of sp³-hybridized carbons (Fsp3) is 0.240. The maximum absolute atomic E-state index is 10.9. The molecule has 0 unspecified atom stereocenters. The third-order valence-corrected chi connectivity index (χ3v) is 6.78. The number of aliphatic carboxylic acids is 1. The molecule has 172 valence electrons. The monoisotopic (exact) mass is 504 g/mol. The Morgan fingerprint density at radius 1 is 1.06 bits per heavy atom. The summed E-state index contributed by atoms with van der Waals surface area (Å²) in [7, 11) is 0. The van der Waals surface area contributed by atoms with E-state index in [1.165, 1.54) is 0 Å². The zero-order valence-electron chi connectivity index (χ0n) is 17.7. The topological polar surface area (TPSA) is 65.0 Å². The van der Waals surface area contributed by atoms with Gasteiger partial charge in [0.15, 0.2) is 6.61 Å². The Balaban J connectivity index is 1.38. The van der Waals surface area contributed by atoms with Crippen LogP contribution in [0.3, 0.4) is 0 Å². The van der Waals surface area contributed by atoms with Gasteiger partial charge in [0.2, 0.25) is 0 Å². The van der Waals surface area contributed by atoms with E-state index in [1.807, 2.05) is 36.4 Å². The van der Waals surface area contributed by atoms with Crippen molar-refractivity contribution in [2.24, 2.45) is 0 Å². The minimum absolute atomic E-state index is 0.341. The molecule has 0 bridgehead atoms. The zero-order chi connectivity index (χ0) is 23.2. The molecule has 0 fully saturated rings. The van der Waals surface area contributed by atoms with Gasteiger partial charge >= 0.3 is 5.97 Å². The number of carboxylic acids is 1. The number of ether oxygens (including phenoxy) is 3. The molecule has 0 amide bonds. The van der Waals surface area contributed by atoms with Gasteiger partial charge in [-0.25, -0.2) is 4.79 Å². The van der Waals surface area contributed by atoms with Crippen LogP contribution in [0.5, 0.6) is 17.2 Å². The Morgan fingerprint density at radius 2 is 1.88 bits per heavy atom. The number of carbonyl (C=O) groups is 1. The summed E-state index contributed by atoms with van der Waals surface area (Å²) in [6.45, 7) is 0.621. The molecule has 3 aromatic rings. The van der Waals surface area contributed by atoms with Crippen molar-refractivity contribution in [2.45, 2.75) is 30.1 Å². The van der Waals surface area contributed by atoms with Crippen LogP contribution in [0.4, 0.5) is 0 Å². The number of fused-ring (bicyclic) bond motifs is 1. The van der Waals surface area contributed by atoms with E-state index in [-0.39, 0.29) is 6.61 Å². The highest BCUT2D eigenvalue weighted by atomic mass is 35.5. The lowest BCUT2D eigenvalue weighted by Gasteiger charge is -2.22. The van der Waals surface area contributed by atoms with Crippen molar-refractivity contribution in [2.75, 3.05) is 13.2 Å². The van der Waals surface area contributed by atoms with Crippen LogP contribution in [0.1, 0.15) is 23.1 Å². The van der Waals surface area contributed by atoms with Crippen LogP contribution in [0.25, 0.3) is 0 Å². The van der Waals surface area contributed by atoms with Crippen molar-refractivity contribution in [1.29, 1.82) is 0 Å². The Bertz CT molecular complexity index is 1130. The number of benzene rings is 3. The van der Waals surface area contributed by atoms with Crippen molar-refractivity contribution in [3.63, 3.8) is 0 Å². The molecule has 3 aromatic carbocycles. The number of hydrogen-bond acceptors (Lipinski definition) is 5. The van der Waals surface area contributed by atoms with Gasteiger partial charge in [0.25, 0.3) is 0 Å². The fourth-order valence-corrected chi connectivity index (χ4v) is 4.81. The number of thioether (sulfide) groups is 1. The molecule has 0 saturated heterocycles. The largest absolute Gasteiger partial charge is 0.492 e. The molecular weight excluding hydrogens is 483 g/mol. The summed E-state index contributed by atoms with van der Waals surface area (Å²) in [5, 5.41) is 10.1. The maximum Gasteiger partial charge on any atom is 0.341 e. The third-order valence-electron chi connectivity index (χ3n) is 5.07. The normalized spacial score (nSPS) is 12.5. The molecule has 0 atom stereocenters. The van der Waals surface area contributed by atoms with Crippen LogP contribution in [-0.2, 0) is 23.6 Å². The van der Waals surface area contributed by atoms with Crippen LogP contribution in [0.15, 0.2) is 59.5 Å². The highest BCUT2D eigenvalue weighted by Gasteiger charge is 2.20. The number of hydrogen-bond donors (Lipinski definition) is 1. The third kappa shape index (κ3) is 6.28. The van der Waals surface area contributed by atoms with Crippen LogP contribution >= 0.6 is 35.0 Å². The molecule has 33 heavy (non-hydrogen) atoms. The molecule has 0 aromatic heterocycles. The summed E-state index contributed by atoms with van der Waals surface area (Å²) in [6.07, 6.45) is 1.69. The summed E-state index contributed by atoms with van der Waals surface area (Å²) in [4.78, 5) is 11.9. The van der Waals surface area contributed by atoms with E-state index < -0.39 is 5.97 Å². The first-order valence-electron chi connectivity index (χ1n) is 10.4. The highest BCUT2D eigenvalue weighted by molar-refractivity contribution is 7.98. The van der Waals surface area contributed by atoms with Gasteiger partial charge in [0, 0.05) is 26.9 Å². The SMILES string of the molecule is O=C(O)COc1ccc(SCc2ccc(OCc3cc(Cl)ccc3Cl)cc2)c2c1CCCO2. The molecule has 0 aliphatic carbocycles. The minimum atomic E-state index is -0.998. The Morgan fingerprint density at radius 3 is 2.67 bits per heavy atom. The van der Waals surface area contributed by atoms with Gasteiger partial charge in [-0.2, -0.15) is 0 Å². The first-order chi connectivity index (χ1) is 16.0. The van der Waals surface area contributed by atoms with Gasteiger partial charge in [-0.1, -0.05) is 35.3 Å². The lowest BCUT2D eigenvalue weighted by molar-refractivity contribution is -0.139. The second-order valence-electron chi connectivity index (χ2n) is 7.46. The van der Waals surface area contributed by atoms with Crippen molar-refractivity contribution >= 4 is 40.9 Å². The fourth-order valence-electron chi connectivity index (χ4n) is 3.45. The van der Waals surface area contributed by atoms with Crippen LogP contribution in [0.2, 0.25) is 10.0 Å². The molecule has 5 nitrogen and oxygen atoms in total. The van der Waals surface area contributed by atoms with Crippen molar-refractivity contribution in [3.05, 3.63) is 81.3 Å². The van der Waals surface area contributed by atoms with E-state index in [2.05, 4.69) is 0 Å². The summed E-state index contributed by atoms with van der Waals surface area (Å²) in [6, 6.07) is 17.0. The van der Waals surface area contributed by atoms with Crippen molar-refractivity contribution in [1.82, 2.24) is 0 Å². The summed E-state index contributed by atoms with van der Waals surface area (Å²) in [5.41, 5.74) is 2.92. The maximum atomic E-state index is 10.9. The number of rotatable bonds is 9. The van der Waals surface area contributed by atoms with Crippen LogP contribution in [-0.4, -0.2) is 24.3 Å². The zero-order valence-corrected chi connectivity index (χ0v) is 20.0. The van der Waals surface area contributed by atoms with Crippen LogP contribution < -0.4 is 14.2 Å². The molecule has 4 rings (SSSR count). The Labute approximate surface area is 206 Å². The van der Waals surface area contributed by atoms with Gasteiger partial charge in [-0.15, -0.1) is 11.8 Å². The predicted octanol–water partition coefficient (Wildman–Crippen LogP) is 6.65. The first kappa shape index (κ1) is 23.6. The van der Waals surface area contributed by atoms with E-state index in [1.54, 1.807) is 30.0 Å². The van der Waals surface area contributed by atoms with E-state index in [0.717, 1.165) is 51.7 Å². The van der Waals surface area contributed by atoms with Crippen molar-refractivity contribution in [3.8, 4) is 17.2 Å². The quantitative estimate of drug-likeness (QED) is 0.329. The summed E-state index contributed by atoms with van der Waals surface area (Å²) in [5.74, 6) is 1.89. The van der Waals surface area contributed by atoms with Gasteiger partial charge in [0.05, 0.1) is 11.5 Å². The summed E-state index contributed by atoms with van der Waals surface area (Å²) >= 11 is 13.9. The molecule has 1 aliphatic rings. The smallest absolute Gasteiger partial charge is 0.341 e. The Hall–Kier alpha value is -2.54. The highest BCUT2D eigenvalue weighted by Crippen LogP contribution is 2.42. The lowest BCUT2D eigenvalue weighted by atomic mass is 10.1. The van der Waals surface area contributed by atoms with Gasteiger partial charge in [0.1, 0.15) is 23.9 Å². The van der Waals surface area contributed by atoms with Crippen molar-refractivity contribution < 1.29 is 24.1 Å². The molecule has 1 N–H and O–H groups in total. The molecule has 0 saturated carbocycles. The predicted molar refractivity (Wildman–Crippen MR) is 130 cm³/mol. The van der Waals surface area contributed by atoms with Gasteiger partial charge < -0.3 is 19.3 Å². The standard InChI is InChI=1S/C25H22Cl2O5S/c26-18-5-8-21(27)17(12-18)13-31-19-6-3-16(4-7-19)15-33-23-10-9-22(32-14-24(28)29)20-2-1-11-30-25(20)23/h3-10,12H,1-2,11,13-15H2,(H,28,29). The molecule has 1 heterocycles. The van der Waals surface area contributed by atoms with Crippen LogP contribution in [0, 0.1) is 0 Å².